The summed E-state index contributed by atoms with van der Waals surface area (Å²) in [5.74, 6) is 1.33. The van der Waals surface area contributed by atoms with Crippen LogP contribution in [-0.2, 0) is 17.6 Å². The van der Waals surface area contributed by atoms with Crippen molar-refractivity contribution >= 4 is 17.3 Å². The molecule has 0 aromatic heterocycles. The van der Waals surface area contributed by atoms with Crippen molar-refractivity contribution in [3.8, 4) is 22.6 Å². The molecule has 2 aliphatic heterocycles. The van der Waals surface area contributed by atoms with Crippen molar-refractivity contribution in [2.75, 3.05) is 12.4 Å². The number of hydrogen-bond donors (Lipinski definition) is 1. The Kier molecular flexibility index (Phi) is 5.58. The largest absolute Gasteiger partial charge is 0.623 e. The molecule has 6 nitrogen and oxygen atoms in total. The number of ether oxygens (including phenoxy) is 2. The summed E-state index contributed by atoms with van der Waals surface area (Å²) in [6, 6.07) is 17.8. The predicted octanol–water partition coefficient (Wildman–Crippen LogP) is 5.72. The van der Waals surface area contributed by atoms with E-state index in [1.807, 2.05) is 62.4 Å². The first-order valence-electron chi connectivity index (χ1n) is 12.2. The van der Waals surface area contributed by atoms with Gasteiger partial charge in [0.05, 0.1) is 12.7 Å². The third-order valence-electron chi connectivity index (χ3n) is 6.89. The standard InChI is InChI=1S/C30H32N2O4/c1-18(33)31-23-12-8-10-20(14-23)19-9-7-11-21(13-19)27-26-22(16-29(2,3)32(27)34)15-25(35-6)28-24(26)17-30(4,5)36-28/h7-15H,16-17H2,1-6H3,(H,31,33). The predicted molar refractivity (Wildman–Crippen MR) is 142 cm³/mol. The van der Waals surface area contributed by atoms with E-state index in [9.17, 15) is 10.0 Å². The monoisotopic (exact) mass is 484 g/mol. The minimum absolute atomic E-state index is 0.117. The fourth-order valence-electron chi connectivity index (χ4n) is 5.39. The normalized spacial score (nSPS) is 17.2. The molecule has 2 aliphatic rings. The molecule has 0 radical (unpaired) electrons. The zero-order valence-electron chi connectivity index (χ0n) is 21.7. The number of rotatable bonds is 4. The first kappa shape index (κ1) is 23.9. The molecule has 36 heavy (non-hydrogen) atoms. The Morgan fingerprint density at radius 2 is 1.67 bits per heavy atom. The number of amides is 1. The lowest BCUT2D eigenvalue weighted by Gasteiger charge is -2.33. The number of hydrogen-bond acceptors (Lipinski definition) is 4. The van der Waals surface area contributed by atoms with Crippen LogP contribution in [-0.4, -0.2) is 34.6 Å². The van der Waals surface area contributed by atoms with Gasteiger partial charge in [0.25, 0.3) is 0 Å². The second-order valence-electron chi connectivity index (χ2n) is 10.9. The second kappa shape index (κ2) is 8.40. The highest BCUT2D eigenvalue weighted by molar-refractivity contribution is 6.13. The molecule has 3 aromatic rings. The molecule has 3 aromatic carbocycles. The van der Waals surface area contributed by atoms with Crippen LogP contribution in [0.15, 0.2) is 54.6 Å². The first-order valence-corrected chi connectivity index (χ1v) is 12.2. The maximum absolute atomic E-state index is 13.9. The Morgan fingerprint density at radius 3 is 2.36 bits per heavy atom. The minimum Gasteiger partial charge on any atom is -0.623 e. The van der Waals surface area contributed by atoms with Crippen LogP contribution in [0.1, 0.15) is 56.9 Å². The fraction of sp³-hybridized carbons (Fsp3) is 0.333. The van der Waals surface area contributed by atoms with Crippen LogP contribution in [0, 0.1) is 5.21 Å². The van der Waals surface area contributed by atoms with Gasteiger partial charge in [0.2, 0.25) is 11.6 Å². The zero-order valence-corrected chi connectivity index (χ0v) is 21.7. The van der Waals surface area contributed by atoms with Gasteiger partial charge >= 0.3 is 0 Å². The molecule has 0 aliphatic carbocycles. The molecule has 0 saturated carbocycles. The van der Waals surface area contributed by atoms with Crippen molar-refractivity contribution in [3.63, 3.8) is 0 Å². The Bertz CT molecular complexity index is 1420. The number of benzene rings is 3. The van der Waals surface area contributed by atoms with E-state index in [1.54, 1.807) is 7.11 Å². The lowest BCUT2D eigenvalue weighted by atomic mass is 9.80. The minimum atomic E-state index is -0.627. The molecule has 0 spiro atoms. The van der Waals surface area contributed by atoms with Gasteiger partial charge < -0.3 is 20.0 Å². The van der Waals surface area contributed by atoms with Gasteiger partial charge in [-0.1, -0.05) is 24.3 Å². The number of carbonyl (C=O) groups is 1. The van der Waals surface area contributed by atoms with Gasteiger partial charge in [-0.05, 0) is 60.9 Å². The van der Waals surface area contributed by atoms with E-state index in [2.05, 4.69) is 25.2 Å². The van der Waals surface area contributed by atoms with Gasteiger partial charge in [0.15, 0.2) is 17.0 Å². The summed E-state index contributed by atoms with van der Waals surface area (Å²) < 4.78 is 13.2. The summed E-state index contributed by atoms with van der Waals surface area (Å²) in [6.07, 6.45) is 1.30. The smallest absolute Gasteiger partial charge is 0.226 e. The van der Waals surface area contributed by atoms with Crippen molar-refractivity contribution in [1.29, 1.82) is 0 Å². The van der Waals surface area contributed by atoms with Crippen molar-refractivity contribution < 1.29 is 19.0 Å². The van der Waals surface area contributed by atoms with Crippen molar-refractivity contribution in [3.05, 3.63) is 82.1 Å². The average molecular weight is 485 g/mol. The summed E-state index contributed by atoms with van der Waals surface area (Å²) in [6.45, 7) is 9.56. The van der Waals surface area contributed by atoms with Gasteiger partial charge in [-0.3, -0.25) is 4.79 Å². The van der Waals surface area contributed by atoms with Crippen LogP contribution < -0.4 is 14.8 Å². The summed E-state index contributed by atoms with van der Waals surface area (Å²) in [5, 5.41) is 16.8. The van der Waals surface area contributed by atoms with Crippen molar-refractivity contribution in [2.24, 2.45) is 0 Å². The highest BCUT2D eigenvalue weighted by Crippen LogP contribution is 2.47. The molecule has 186 valence electrons. The van der Waals surface area contributed by atoms with Crippen molar-refractivity contribution in [1.82, 2.24) is 0 Å². The Balaban J connectivity index is 1.70. The summed E-state index contributed by atoms with van der Waals surface area (Å²) in [5.41, 5.74) is 6.22. The van der Waals surface area contributed by atoms with Crippen LogP contribution in [0.2, 0.25) is 0 Å². The van der Waals surface area contributed by atoms with E-state index >= 15 is 0 Å². The molecule has 6 heteroatoms. The van der Waals surface area contributed by atoms with Crippen LogP contribution in [0.4, 0.5) is 5.69 Å². The Labute approximate surface area is 212 Å². The lowest BCUT2D eigenvalue weighted by molar-refractivity contribution is -0.541. The summed E-state index contributed by atoms with van der Waals surface area (Å²) in [7, 11) is 1.66. The van der Waals surface area contributed by atoms with Gasteiger partial charge in [0, 0.05) is 50.4 Å². The second-order valence-corrected chi connectivity index (χ2v) is 10.9. The van der Waals surface area contributed by atoms with Gasteiger partial charge in [0.1, 0.15) is 5.60 Å². The summed E-state index contributed by atoms with van der Waals surface area (Å²) >= 11 is 0. The van der Waals surface area contributed by atoms with E-state index in [1.165, 1.54) is 11.7 Å². The molecular weight excluding hydrogens is 452 g/mol. The highest BCUT2D eigenvalue weighted by Gasteiger charge is 2.44. The highest BCUT2D eigenvalue weighted by atomic mass is 16.5. The molecule has 0 bridgehead atoms. The molecule has 1 amide bonds. The quantitative estimate of drug-likeness (QED) is 0.380. The van der Waals surface area contributed by atoms with Gasteiger partial charge in [-0.2, -0.15) is 4.74 Å². The van der Waals surface area contributed by atoms with E-state index in [4.69, 9.17) is 9.47 Å². The fourth-order valence-corrected chi connectivity index (χ4v) is 5.39. The average Bonchev–Trinajstić information content (AvgIpc) is 3.14. The molecule has 0 unspecified atom stereocenters. The number of anilines is 1. The maximum Gasteiger partial charge on any atom is 0.226 e. The van der Waals surface area contributed by atoms with Gasteiger partial charge in [-0.15, -0.1) is 0 Å². The molecular formula is C30H32N2O4. The zero-order chi connectivity index (χ0) is 25.8. The molecule has 0 saturated heterocycles. The molecule has 0 fully saturated rings. The third-order valence-corrected chi connectivity index (χ3v) is 6.89. The van der Waals surface area contributed by atoms with Crippen LogP contribution >= 0.6 is 0 Å². The third kappa shape index (κ3) is 4.11. The molecule has 5 rings (SSSR count). The molecule has 2 heterocycles. The number of carbonyl (C=O) groups excluding carboxylic acids is 1. The lowest BCUT2D eigenvalue weighted by Crippen LogP contribution is -2.44. The van der Waals surface area contributed by atoms with Crippen LogP contribution in [0.25, 0.3) is 11.1 Å². The van der Waals surface area contributed by atoms with E-state index in [0.717, 1.165) is 44.8 Å². The van der Waals surface area contributed by atoms with Crippen molar-refractivity contribution in [2.45, 2.75) is 58.6 Å². The van der Waals surface area contributed by atoms with Gasteiger partial charge in [-0.25, -0.2) is 0 Å². The van der Waals surface area contributed by atoms with E-state index in [0.29, 0.717) is 24.3 Å². The number of nitrogens with zero attached hydrogens (tertiary/aromatic N) is 1. The number of fused-ring (bicyclic) bond motifs is 3. The topological polar surface area (TPSA) is 73.6 Å². The molecule has 0 atom stereocenters. The van der Waals surface area contributed by atoms with Crippen LogP contribution in [0.3, 0.4) is 0 Å². The summed E-state index contributed by atoms with van der Waals surface area (Å²) in [4.78, 5) is 11.5. The molecule has 1 N–H and O–H groups in total. The first-order chi connectivity index (χ1) is 17.0. The number of methoxy groups -OCH3 is 1. The number of nitrogens with one attached hydrogen (secondary N) is 1. The van der Waals surface area contributed by atoms with Crippen LogP contribution in [0.5, 0.6) is 11.5 Å². The van der Waals surface area contributed by atoms with E-state index in [-0.39, 0.29) is 11.5 Å². The van der Waals surface area contributed by atoms with E-state index < -0.39 is 5.54 Å². The number of hydroxylamine groups is 1. The maximum atomic E-state index is 13.9. The Hall–Kier alpha value is -3.80. The Morgan fingerprint density at radius 1 is 1.00 bits per heavy atom. The SMILES string of the molecule is COc1cc2c(c3c1OC(C)(C)C3)C(c1cccc(-c3cccc(NC(C)=O)c3)c1)=[N+]([O-])C(C)(C)C2.